The second kappa shape index (κ2) is 11.1. The van der Waals surface area contributed by atoms with Crippen LogP contribution in [0.15, 0.2) is 72.8 Å². The van der Waals surface area contributed by atoms with Crippen LogP contribution < -0.4 is 14.2 Å². The predicted molar refractivity (Wildman–Crippen MR) is 129 cm³/mol. The third-order valence-electron chi connectivity index (χ3n) is 4.90. The second-order valence-electron chi connectivity index (χ2n) is 7.54. The summed E-state index contributed by atoms with van der Waals surface area (Å²) >= 11 is 0. The molecule has 6 heteroatoms. The van der Waals surface area contributed by atoms with E-state index in [0.717, 1.165) is 27.8 Å². The molecule has 0 heterocycles. The zero-order chi connectivity index (χ0) is 24.7. The summed E-state index contributed by atoms with van der Waals surface area (Å²) in [6, 6.07) is 22.3. The molecule has 6 nitrogen and oxygen atoms in total. The maximum atomic E-state index is 11.7. The molecule has 0 aromatic heterocycles. The number of carbonyl (C=O) groups excluding carboxylic acids is 3. The molecule has 0 aliphatic carbocycles. The van der Waals surface area contributed by atoms with Crippen molar-refractivity contribution in [2.45, 2.75) is 34.1 Å². The number of carbonyl (C=O) groups is 3. The Balaban J connectivity index is 2.26. The molecular formula is C28H26O6. The first-order valence-electron chi connectivity index (χ1n) is 10.9. The predicted octanol–water partition coefficient (Wildman–Crippen LogP) is 5.83. The minimum absolute atomic E-state index is 0.151. The van der Waals surface area contributed by atoms with E-state index in [2.05, 4.69) is 0 Å². The van der Waals surface area contributed by atoms with Crippen molar-refractivity contribution in [1.82, 2.24) is 0 Å². The lowest BCUT2D eigenvalue weighted by Gasteiger charge is -2.18. The van der Waals surface area contributed by atoms with Crippen molar-refractivity contribution < 1.29 is 28.6 Å². The Bertz CT molecular complexity index is 1240. The maximum Gasteiger partial charge on any atom is 0.308 e. The molecule has 34 heavy (non-hydrogen) atoms. The molecule has 0 N–H and O–H groups in total. The van der Waals surface area contributed by atoms with Gasteiger partial charge in [0.2, 0.25) is 0 Å². The average Bonchev–Trinajstić information content (AvgIpc) is 2.78. The Morgan fingerprint density at radius 3 is 1.85 bits per heavy atom. The molecule has 0 amide bonds. The third kappa shape index (κ3) is 6.19. The Hall–Kier alpha value is -4.19. The fraction of sp³-hybridized carbons (Fsp3) is 0.179. The van der Waals surface area contributed by atoms with Crippen molar-refractivity contribution >= 4 is 29.1 Å². The number of hydrogen-bond acceptors (Lipinski definition) is 6. The van der Waals surface area contributed by atoms with E-state index in [-0.39, 0.29) is 11.5 Å². The van der Waals surface area contributed by atoms with Gasteiger partial charge in [-0.05, 0) is 58.5 Å². The van der Waals surface area contributed by atoms with E-state index in [1.165, 1.54) is 20.8 Å². The monoisotopic (exact) mass is 458 g/mol. The van der Waals surface area contributed by atoms with Gasteiger partial charge in [-0.25, -0.2) is 0 Å². The molecule has 0 atom stereocenters. The molecule has 0 saturated carbocycles. The third-order valence-corrected chi connectivity index (χ3v) is 4.90. The summed E-state index contributed by atoms with van der Waals surface area (Å²) in [6.07, 6.45) is 0.669. The van der Waals surface area contributed by atoms with Crippen LogP contribution >= 0.6 is 0 Å². The first kappa shape index (κ1) is 24.5. The van der Waals surface area contributed by atoms with Gasteiger partial charge in [-0.2, -0.15) is 0 Å². The topological polar surface area (TPSA) is 78.9 Å². The van der Waals surface area contributed by atoms with Crippen LogP contribution in [0, 0.1) is 0 Å². The van der Waals surface area contributed by atoms with Crippen molar-refractivity contribution in [2.24, 2.45) is 0 Å². The molecular weight excluding hydrogens is 432 g/mol. The van der Waals surface area contributed by atoms with E-state index in [4.69, 9.17) is 14.2 Å². The Labute approximate surface area is 198 Å². The summed E-state index contributed by atoms with van der Waals surface area (Å²) in [5.41, 5.74) is 4.51. The molecule has 0 aliphatic rings. The van der Waals surface area contributed by atoms with E-state index in [9.17, 15) is 14.4 Å². The van der Waals surface area contributed by atoms with Crippen molar-refractivity contribution in [2.75, 3.05) is 0 Å². The number of benzene rings is 3. The van der Waals surface area contributed by atoms with Crippen LogP contribution in [0.5, 0.6) is 17.2 Å². The highest BCUT2D eigenvalue weighted by atomic mass is 16.6. The van der Waals surface area contributed by atoms with Gasteiger partial charge in [-0.15, -0.1) is 0 Å². The molecule has 174 valence electrons. The summed E-state index contributed by atoms with van der Waals surface area (Å²) in [4.78, 5) is 34.7. The highest BCUT2D eigenvalue weighted by molar-refractivity contribution is 5.99. The molecule has 3 rings (SSSR count). The van der Waals surface area contributed by atoms with Gasteiger partial charge in [0.25, 0.3) is 0 Å². The van der Waals surface area contributed by atoms with Crippen LogP contribution in [0.25, 0.3) is 11.1 Å². The quantitative estimate of drug-likeness (QED) is 0.252. The fourth-order valence-electron chi connectivity index (χ4n) is 3.70. The summed E-state index contributed by atoms with van der Waals surface area (Å²) in [6.45, 7) is 5.97. The van der Waals surface area contributed by atoms with E-state index >= 15 is 0 Å². The molecule has 3 aromatic carbocycles. The largest absolute Gasteiger partial charge is 0.427 e. The van der Waals surface area contributed by atoms with Gasteiger partial charge in [0, 0.05) is 20.8 Å². The molecule has 0 fully saturated rings. The Kier molecular flexibility index (Phi) is 7.98. The number of esters is 3. The second-order valence-corrected chi connectivity index (χ2v) is 7.54. The maximum absolute atomic E-state index is 11.7. The van der Waals surface area contributed by atoms with Gasteiger partial charge in [0.05, 0.1) is 0 Å². The standard InChI is InChI=1S/C28H26O6/c1-5-25(22-12-9-13-24(16-22)32-18(2)29)28(21-10-7-6-8-11-21)23-14-15-26(33-19(3)30)27(17-23)34-20(4)31/h6-17H,5H2,1-4H3/b28-25-. The Morgan fingerprint density at radius 2 is 1.24 bits per heavy atom. The number of rotatable bonds is 7. The lowest BCUT2D eigenvalue weighted by Crippen LogP contribution is -2.07. The number of allylic oxidation sites excluding steroid dienone is 1. The first-order valence-corrected chi connectivity index (χ1v) is 10.9. The van der Waals surface area contributed by atoms with Crippen LogP contribution in [-0.2, 0) is 14.4 Å². The van der Waals surface area contributed by atoms with Crippen LogP contribution in [0.1, 0.15) is 50.8 Å². The molecule has 3 aromatic rings. The SMILES string of the molecule is CC/C(=C(\c1ccccc1)c1ccc(OC(C)=O)c(OC(C)=O)c1)c1cccc(OC(C)=O)c1. The lowest BCUT2D eigenvalue weighted by molar-refractivity contribution is -0.134. The molecule has 0 radical (unpaired) electrons. The smallest absolute Gasteiger partial charge is 0.308 e. The number of hydrogen-bond donors (Lipinski definition) is 0. The molecule has 0 spiro atoms. The van der Waals surface area contributed by atoms with Gasteiger partial charge in [0.1, 0.15) is 5.75 Å². The summed E-state index contributed by atoms with van der Waals surface area (Å²) in [5.74, 6) is -0.674. The van der Waals surface area contributed by atoms with Crippen molar-refractivity contribution in [3.63, 3.8) is 0 Å². The van der Waals surface area contributed by atoms with Crippen LogP contribution in [-0.4, -0.2) is 17.9 Å². The lowest BCUT2D eigenvalue weighted by atomic mass is 9.88. The van der Waals surface area contributed by atoms with E-state index in [1.807, 2.05) is 61.5 Å². The minimum Gasteiger partial charge on any atom is -0.427 e. The zero-order valence-corrected chi connectivity index (χ0v) is 19.6. The summed E-state index contributed by atoms with van der Waals surface area (Å²) in [7, 11) is 0. The van der Waals surface area contributed by atoms with Gasteiger partial charge in [-0.3, -0.25) is 14.4 Å². The average molecular weight is 459 g/mol. The van der Waals surface area contributed by atoms with Crippen LogP contribution in [0.3, 0.4) is 0 Å². The van der Waals surface area contributed by atoms with Crippen molar-refractivity contribution in [1.29, 1.82) is 0 Å². The normalized spacial score (nSPS) is 11.3. The molecule has 0 saturated heterocycles. The highest BCUT2D eigenvalue weighted by Gasteiger charge is 2.18. The fourth-order valence-corrected chi connectivity index (χ4v) is 3.70. The van der Waals surface area contributed by atoms with Gasteiger partial charge >= 0.3 is 17.9 Å². The molecule has 0 aliphatic heterocycles. The van der Waals surface area contributed by atoms with Crippen LogP contribution in [0.4, 0.5) is 0 Å². The van der Waals surface area contributed by atoms with Gasteiger partial charge < -0.3 is 14.2 Å². The van der Waals surface area contributed by atoms with E-state index in [0.29, 0.717) is 12.2 Å². The number of ether oxygens (including phenoxy) is 3. The van der Waals surface area contributed by atoms with E-state index in [1.54, 1.807) is 18.2 Å². The van der Waals surface area contributed by atoms with Gasteiger partial charge in [0.15, 0.2) is 11.5 Å². The van der Waals surface area contributed by atoms with Gasteiger partial charge in [-0.1, -0.05) is 55.5 Å². The minimum atomic E-state index is -0.527. The molecule has 0 unspecified atom stereocenters. The zero-order valence-electron chi connectivity index (χ0n) is 19.6. The van der Waals surface area contributed by atoms with Crippen LogP contribution in [0.2, 0.25) is 0 Å². The molecule has 0 bridgehead atoms. The summed E-state index contributed by atoms with van der Waals surface area (Å²) < 4.78 is 15.9. The van der Waals surface area contributed by atoms with Crippen molar-refractivity contribution in [3.05, 3.63) is 89.5 Å². The Morgan fingerprint density at radius 1 is 0.618 bits per heavy atom. The van der Waals surface area contributed by atoms with E-state index < -0.39 is 17.9 Å². The highest BCUT2D eigenvalue weighted by Crippen LogP contribution is 2.39. The van der Waals surface area contributed by atoms with Crippen molar-refractivity contribution in [3.8, 4) is 17.2 Å². The first-order chi connectivity index (χ1) is 16.3. The summed E-state index contributed by atoms with van der Waals surface area (Å²) in [5, 5.41) is 0.